The summed E-state index contributed by atoms with van der Waals surface area (Å²) in [6.07, 6.45) is 5.84. The van der Waals surface area contributed by atoms with Crippen molar-refractivity contribution in [3.05, 3.63) is 5.01 Å². The molecule has 0 saturated heterocycles. The van der Waals surface area contributed by atoms with E-state index >= 15 is 0 Å². The highest BCUT2D eigenvalue weighted by molar-refractivity contribution is 7.15. The number of hydrogen-bond donors (Lipinski definition) is 1. The first-order valence-electron chi connectivity index (χ1n) is 6.29. The Hall–Kier alpha value is -0.640. The predicted molar refractivity (Wildman–Crippen MR) is 66.7 cm³/mol. The second-order valence-corrected chi connectivity index (χ2v) is 6.58. The summed E-state index contributed by atoms with van der Waals surface area (Å²) in [5.41, 5.74) is 0. The Morgan fingerprint density at radius 3 is 2.75 bits per heavy atom. The maximum Gasteiger partial charge on any atom is 0.205 e. The van der Waals surface area contributed by atoms with Gasteiger partial charge in [-0.2, -0.15) is 0 Å². The summed E-state index contributed by atoms with van der Waals surface area (Å²) in [6, 6.07) is 0.558. The van der Waals surface area contributed by atoms with Gasteiger partial charge in [-0.15, -0.1) is 10.2 Å². The summed E-state index contributed by atoms with van der Waals surface area (Å²) in [4.78, 5) is 0. The molecule has 4 atom stereocenters. The van der Waals surface area contributed by atoms with Gasteiger partial charge in [0.05, 0.1) is 0 Å². The zero-order valence-corrected chi connectivity index (χ0v) is 10.8. The van der Waals surface area contributed by atoms with Crippen molar-refractivity contribution in [3.8, 4) is 0 Å². The molecule has 0 aromatic carbocycles. The van der Waals surface area contributed by atoms with Gasteiger partial charge >= 0.3 is 0 Å². The van der Waals surface area contributed by atoms with E-state index in [0.29, 0.717) is 6.04 Å². The maximum absolute atomic E-state index is 4.15. The van der Waals surface area contributed by atoms with Crippen LogP contribution in [0.15, 0.2) is 0 Å². The Balaban J connectivity index is 1.63. The van der Waals surface area contributed by atoms with E-state index in [1.165, 1.54) is 25.7 Å². The summed E-state index contributed by atoms with van der Waals surface area (Å²) in [5, 5.41) is 13.8. The number of rotatable bonds is 3. The van der Waals surface area contributed by atoms with Crippen LogP contribution < -0.4 is 5.32 Å². The van der Waals surface area contributed by atoms with E-state index in [-0.39, 0.29) is 0 Å². The van der Waals surface area contributed by atoms with Gasteiger partial charge < -0.3 is 5.32 Å². The lowest BCUT2D eigenvalue weighted by molar-refractivity contribution is 0.304. The highest BCUT2D eigenvalue weighted by Crippen LogP contribution is 2.49. The maximum atomic E-state index is 4.15. The Kier molecular flexibility index (Phi) is 2.62. The molecule has 2 bridgehead atoms. The van der Waals surface area contributed by atoms with E-state index in [4.69, 9.17) is 0 Å². The molecular weight excluding hydrogens is 218 g/mol. The molecule has 0 amide bonds. The molecular formula is C12H19N3S. The molecule has 16 heavy (non-hydrogen) atoms. The van der Waals surface area contributed by atoms with Crippen molar-refractivity contribution in [2.45, 2.75) is 45.6 Å². The topological polar surface area (TPSA) is 37.8 Å². The summed E-state index contributed by atoms with van der Waals surface area (Å²) in [7, 11) is 0. The van der Waals surface area contributed by atoms with Gasteiger partial charge in [-0.3, -0.25) is 0 Å². The SMILES string of the molecule is Cc1nnc(NC(C)C2CC3CCC2C3)s1. The number of anilines is 1. The van der Waals surface area contributed by atoms with Crippen LogP contribution in [0, 0.1) is 24.7 Å². The van der Waals surface area contributed by atoms with Gasteiger partial charge in [-0.05, 0) is 50.9 Å². The molecule has 88 valence electrons. The fourth-order valence-corrected chi connectivity index (χ4v) is 4.25. The minimum Gasteiger partial charge on any atom is -0.357 e. The van der Waals surface area contributed by atoms with E-state index in [1.54, 1.807) is 11.3 Å². The van der Waals surface area contributed by atoms with Gasteiger partial charge in [-0.1, -0.05) is 17.8 Å². The molecule has 4 heteroatoms. The van der Waals surface area contributed by atoms with Crippen LogP contribution >= 0.6 is 11.3 Å². The van der Waals surface area contributed by atoms with Crippen LogP contribution in [0.3, 0.4) is 0 Å². The Morgan fingerprint density at radius 1 is 1.31 bits per heavy atom. The van der Waals surface area contributed by atoms with E-state index in [2.05, 4.69) is 22.4 Å². The number of aromatic nitrogens is 2. The third-order valence-electron chi connectivity index (χ3n) is 4.31. The minimum absolute atomic E-state index is 0.558. The third-order valence-corrected chi connectivity index (χ3v) is 5.08. The Labute approximate surface area is 101 Å². The molecule has 3 nitrogen and oxygen atoms in total. The molecule has 2 aliphatic carbocycles. The average Bonchev–Trinajstić information content (AvgIpc) is 2.93. The van der Waals surface area contributed by atoms with E-state index in [0.717, 1.165) is 27.9 Å². The summed E-state index contributed by atoms with van der Waals surface area (Å²) < 4.78 is 0. The smallest absolute Gasteiger partial charge is 0.205 e. The predicted octanol–water partition coefficient (Wildman–Crippen LogP) is 3.08. The minimum atomic E-state index is 0.558. The lowest BCUT2D eigenvalue weighted by Gasteiger charge is -2.28. The molecule has 0 spiro atoms. The summed E-state index contributed by atoms with van der Waals surface area (Å²) in [6.45, 7) is 4.31. The number of nitrogens with zero attached hydrogens (tertiary/aromatic N) is 2. The highest BCUT2D eigenvalue weighted by Gasteiger charge is 2.41. The van der Waals surface area contributed by atoms with Gasteiger partial charge in [0.1, 0.15) is 5.01 Å². The van der Waals surface area contributed by atoms with Crippen LogP contribution in [0.1, 0.15) is 37.6 Å². The molecule has 1 aromatic heterocycles. The van der Waals surface area contributed by atoms with Crippen LogP contribution in [0.5, 0.6) is 0 Å². The van der Waals surface area contributed by atoms with Gasteiger partial charge in [-0.25, -0.2) is 0 Å². The standard InChI is InChI=1S/C12H19N3S/c1-7(13-12-15-14-8(2)16-12)11-6-9-3-4-10(11)5-9/h7,9-11H,3-6H2,1-2H3,(H,13,15). The van der Waals surface area contributed by atoms with Crippen LogP contribution in [-0.4, -0.2) is 16.2 Å². The molecule has 3 rings (SSSR count). The van der Waals surface area contributed by atoms with E-state index in [9.17, 15) is 0 Å². The monoisotopic (exact) mass is 237 g/mol. The van der Waals surface area contributed by atoms with Gasteiger partial charge in [0.25, 0.3) is 0 Å². The van der Waals surface area contributed by atoms with Crippen LogP contribution in [0.25, 0.3) is 0 Å². The number of nitrogens with one attached hydrogen (secondary N) is 1. The largest absolute Gasteiger partial charge is 0.357 e. The molecule has 2 saturated carbocycles. The summed E-state index contributed by atoms with van der Waals surface area (Å²) in [5.74, 6) is 2.86. The van der Waals surface area contributed by atoms with Crippen molar-refractivity contribution in [1.82, 2.24) is 10.2 Å². The van der Waals surface area contributed by atoms with Crippen molar-refractivity contribution < 1.29 is 0 Å². The number of hydrogen-bond acceptors (Lipinski definition) is 4. The van der Waals surface area contributed by atoms with E-state index < -0.39 is 0 Å². The molecule has 2 fully saturated rings. The van der Waals surface area contributed by atoms with Gasteiger partial charge in [0.15, 0.2) is 0 Å². The van der Waals surface area contributed by atoms with Crippen LogP contribution in [0.4, 0.5) is 5.13 Å². The number of fused-ring (bicyclic) bond motifs is 2. The van der Waals surface area contributed by atoms with Crippen molar-refractivity contribution >= 4 is 16.5 Å². The van der Waals surface area contributed by atoms with Gasteiger partial charge in [0, 0.05) is 6.04 Å². The third kappa shape index (κ3) is 1.83. The van der Waals surface area contributed by atoms with Crippen molar-refractivity contribution in [2.75, 3.05) is 5.32 Å². The molecule has 1 aromatic rings. The fourth-order valence-electron chi connectivity index (χ4n) is 3.56. The Bertz CT molecular complexity index is 376. The zero-order valence-electron chi connectivity index (χ0n) is 9.94. The molecule has 4 unspecified atom stereocenters. The molecule has 1 heterocycles. The van der Waals surface area contributed by atoms with Crippen molar-refractivity contribution in [3.63, 3.8) is 0 Å². The second kappa shape index (κ2) is 3.99. The molecule has 1 N–H and O–H groups in total. The fraction of sp³-hybridized carbons (Fsp3) is 0.833. The highest BCUT2D eigenvalue weighted by atomic mass is 32.1. The molecule has 0 aliphatic heterocycles. The van der Waals surface area contributed by atoms with Crippen molar-refractivity contribution in [2.24, 2.45) is 17.8 Å². The number of aryl methyl sites for hydroxylation is 1. The molecule has 0 radical (unpaired) electrons. The van der Waals surface area contributed by atoms with Crippen LogP contribution in [0.2, 0.25) is 0 Å². The normalized spacial score (nSPS) is 34.2. The Morgan fingerprint density at radius 2 is 2.19 bits per heavy atom. The second-order valence-electron chi connectivity index (χ2n) is 5.40. The van der Waals surface area contributed by atoms with Crippen molar-refractivity contribution in [1.29, 1.82) is 0 Å². The quantitative estimate of drug-likeness (QED) is 0.878. The first kappa shape index (κ1) is 10.5. The first-order valence-corrected chi connectivity index (χ1v) is 7.10. The molecule has 2 aliphatic rings. The average molecular weight is 237 g/mol. The first-order chi connectivity index (χ1) is 7.72. The lowest BCUT2D eigenvalue weighted by atomic mass is 9.84. The zero-order chi connectivity index (χ0) is 11.1. The lowest BCUT2D eigenvalue weighted by Crippen LogP contribution is -2.29. The van der Waals surface area contributed by atoms with Crippen LogP contribution in [-0.2, 0) is 0 Å². The van der Waals surface area contributed by atoms with E-state index in [1.807, 2.05) is 6.92 Å². The van der Waals surface area contributed by atoms with Gasteiger partial charge in [0.2, 0.25) is 5.13 Å². The summed E-state index contributed by atoms with van der Waals surface area (Å²) >= 11 is 1.66.